The van der Waals surface area contributed by atoms with Crippen molar-refractivity contribution in [1.29, 1.82) is 0 Å². The molecule has 0 spiro atoms. The Balaban J connectivity index is 2.73. The van der Waals surface area contributed by atoms with Gasteiger partial charge in [0.1, 0.15) is 11.6 Å². The standard InChI is InChI=1S/C13H17F2O/c1-3-4-5-16-13-7-11(10(2)9-14)6-12(15)8-13/h6-8,10H,2-5,9H2,1H3. The highest BCUT2D eigenvalue weighted by Gasteiger charge is 2.08. The summed E-state index contributed by atoms with van der Waals surface area (Å²) < 4.78 is 31.0. The molecule has 0 aliphatic rings. The molecule has 1 aromatic rings. The highest BCUT2D eigenvalue weighted by molar-refractivity contribution is 5.32. The van der Waals surface area contributed by atoms with Gasteiger partial charge in [-0.1, -0.05) is 13.3 Å². The van der Waals surface area contributed by atoms with Crippen LogP contribution in [0.5, 0.6) is 5.75 Å². The molecule has 1 atom stereocenters. The molecular formula is C13H17F2O. The van der Waals surface area contributed by atoms with Crippen molar-refractivity contribution in [3.8, 4) is 5.75 Å². The van der Waals surface area contributed by atoms with E-state index in [1.807, 2.05) is 0 Å². The number of benzene rings is 1. The fourth-order valence-electron chi connectivity index (χ4n) is 1.33. The minimum Gasteiger partial charge on any atom is -0.493 e. The van der Waals surface area contributed by atoms with Crippen LogP contribution in [-0.2, 0) is 0 Å². The molecule has 0 saturated carbocycles. The molecule has 1 rings (SSSR count). The Morgan fingerprint density at radius 2 is 2.12 bits per heavy atom. The quantitative estimate of drug-likeness (QED) is 0.670. The van der Waals surface area contributed by atoms with E-state index in [-0.39, 0.29) is 0 Å². The number of ether oxygens (including phenoxy) is 1. The Morgan fingerprint density at radius 3 is 2.75 bits per heavy atom. The van der Waals surface area contributed by atoms with Crippen molar-refractivity contribution in [2.45, 2.75) is 25.7 Å². The van der Waals surface area contributed by atoms with Gasteiger partial charge in [0.15, 0.2) is 0 Å². The summed E-state index contributed by atoms with van der Waals surface area (Å²) >= 11 is 0. The molecule has 1 nitrogen and oxygen atoms in total. The van der Waals surface area contributed by atoms with Gasteiger partial charge in [0.05, 0.1) is 13.3 Å². The van der Waals surface area contributed by atoms with Crippen LogP contribution in [0.4, 0.5) is 8.78 Å². The Kier molecular flexibility index (Phi) is 5.23. The summed E-state index contributed by atoms with van der Waals surface area (Å²) in [5, 5.41) is 0. The lowest BCUT2D eigenvalue weighted by Gasteiger charge is -2.11. The molecule has 1 radical (unpaired) electrons. The van der Waals surface area contributed by atoms with Crippen LogP contribution in [0.1, 0.15) is 31.2 Å². The minimum absolute atomic E-state index is 0.411. The first kappa shape index (κ1) is 12.9. The van der Waals surface area contributed by atoms with E-state index in [0.29, 0.717) is 17.9 Å². The van der Waals surface area contributed by atoms with E-state index in [4.69, 9.17) is 4.74 Å². The summed E-state index contributed by atoms with van der Waals surface area (Å²) in [4.78, 5) is 0. The normalized spacial score (nSPS) is 12.5. The van der Waals surface area contributed by atoms with Crippen LogP contribution in [0, 0.1) is 12.7 Å². The average molecular weight is 227 g/mol. The first-order valence-corrected chi connectivity index (χ1v) is 5.49. The van der Waals surface area contributed by atoms with Crippen molar-refractivity contribution >= 4 is 0 Å². The zero-order valence-electron chi connectivity index (χ0n) is 9.51. The van der Waals surface area contributed by atoms with Gasteiger partial charge in [0.2, 0.25) is 0 Å². The van der Waals surface area contributed by atoms with Gasteiger partial charge in [0, 0.05) is 12.0 Å². The number of hydrogen-bond acceptors (Lipinski definition) is 1. The molecular weight excluding hydrogens is 210 g/mol. The van der Waals surface area contributed by atoms with Crippen LogP contribution >= 0.6 is 0 Å². The molecule has 16 heavy (non-hydrogen) atoms. The Hall–Kier alpha value is -1.12. The third-order valence-corrected chi connectivity index (χ3v) is 2.32. The molecule has 0 aromatic heterocycles. The largest absolute Gasteiger partial charge is 0.493 e. The highest BCUT2D eigenvalue weighted by atomic mass is 19.1. The number of rotatable bonds is 6. The van der Waals surface area contributed by atoms with Crippen LogP contribution < -0.4 is 4.74 Å². The highest BCUT2D eigenvalue weighted by Crippen LogP contribution is 2.23. The van der Waals surface area contributed by atoms with Gasteiger partial charge < -0.3 is 4.74 Å². The van der Waals surface area contributed by atoms with Crippen molar-refractivity contribution in [2.24, 2.45) is 0 Å². The lowest BCUT2D eigenvalue weighted by Crippen LogP contribution is -2.01. The molecule has 0 heterocycles. The SMILES string of the molecule is [CH2]C(CF)c1cc(F)cc(OCCCC)c1. The molecule has 0 N–H and O–H groups in total. The van der Waals surface area contributed by atoms with E-state index >= 15 is 0 Å². The van der Waals surface area contributed by atoms with E-state index in [9.17, 15) is 8.78 Å². The average Bonchev–Trinajstić information content (AvgIpc) is 2.27. The second kappa shape index (κ2) is 6.46. The molecule has 0 amide bonds. The Morgan fingerprint density at radius 1 is 1.38 bits per heavy atom. The van der Waals surface area contributed by atoms with Crippen LogP contribution in [0.15, 0.2) is 18.2 Å². The molecule has 89 valence electrons. The van der Waals surface area contributed by atoms with Crippen molar-refractivity contribution < 1.29 is 13.5 Å². The zero-order valence-corrected chi connectivity index (χ0v) is 9.51. The van der Waals surface area contributed by atoms with E-state index in [1.165, 1.54) is 12.1 Å². The van der Waals surface area contributed by atoms with Gasteiger partial charge >= 0.3 is 0 Å². The van der Waals surface area contributed by atoms with Gasteiger partial charge in [-0.15, -0.1) is 0 Å². The number of hydrogen-bond donors (Lipinski definition) is 0. The van der Waals surface area contributed by atoms with Crippen LogP contribution in [0.25, 0.3) is 0 Å². The minimum atomic E-state index is -0.599. The summed E-state index contributed by atoms with van der Waals surface area (Å²) in [6.45, 7) is 5.61. The summed E-state index contributed by atoms with van der Waals surface area (Å²) in [7, 11) is 0. The maximum absolute atomic E-state index is 13.2. The predicted octanol–water partition coefficient (Wildman–Crippen LogP) is 3.89. The first-order valence-electron chi connectivity index (χ1n) is 5.49. The third-order valence-electron chi connectivity index (χ3n) is 2.32. The molecule has 0 fully saturated rings. The van der Waals surface area contributed by atoms with Crippen LogP contribution in [0.2, 0.25) is 0 Å². The number of alkyl halides is 1. The van der Waals surface area contributed by atoms with E-state index < -0.39 is 18.4 Å². The van der Waals surface area contributed by atoms with Gasteiger partial charge in [-0.2, -0.15) is 0 Å². The van der Waals surface area contributed by atoms with E-state index in [0.717, 1.165) is 12.8 Å². The summed E-state index contributed by atoms with van der Waals surface area (Å²) in [6, 6.07) is 4.25. The fraction of sp³-hybridized carbons (Fsp3) is 0.462. The first-order chi connectivity index (χ1) is 7.67. The Bertz CT molecular complexity index is 326. The topological polar surface area (TPSA) is 9.23 Å². The van der Waals surface area contributed by atoms with E-state index in [1.54, 1.807) is 6.07 Å². The maximum atomic E-state index is 13.2. The molecule has 0 bridgehead atoms. The van der Waals surface area contributed by atoms with Crippen molar-refractivity contribution in [3.63, 3.8) is 0 Å². The van der Waals surface area contributed by atoms with Gasteiger partial charge in [-0.05, 0) is 31.0 Å². The van der Waals surface area contributed by atoms with Crippen molar-refractivity contribution in [3.05, 3.63) is 36.5 Å². The lowest BCUT2D eigenvalue weighted by atomic mass is 10.0. The van der Waals surface area contributed by atoms with Crippen LogP contribution in [0.3, 0.4) is 0 Å². The molecule has 1 unspecified atom stereocenters. The second-order valence-corrected chi connectivity index (χ2v) is 3.77. The lowest BCUT2D eigenvalue weighted by molar-refractivity contribution is 0.307. The molecule has 0 saturated heterocycles. The van der Waals surface area contributed by atoms with Gasteiger partial charge in [-0.3, -0.25) is 4.39 Å². The van der Waals surface area contributed by atoms with E-state index in [2.05, 4.69) is 13.8 Å². The molecule has 0 aliphatic carbocycles. The van der Waals surface area contributed by atoms with Crippen LogP contribution in [-0.4, -0.2) is 13.3 Å². The smallest absolute Gasteiger partial charge is 0.127 e. The summed E-state index contributed by atoms with van der Waals surface area (Å²) in [6.07, 6.45) is 1.94. The summed E-state index contributed by atoms with van der Waals surface area (Å²) in [5.74, 6) is -0.499. The number of unbranched alkanes of at least 4 members (excludes halogenated alkanes) is 1. The molecule has 3 heteroatoms. The predicted molar refractivity (Wildman–Crippen MR) is 60.9 cm³/mol. The zero-order chi connectivity index (χ0) is 12.0. The fourth-order valence-corrected chi connectivity index (χ4v) is 1.33. The monoisotopic (exact) mass is 227 g/mol. The van der Waals surface area contributed by atoms with Crippen molar-refractivity contribution in [2.75, 3.05) is 13.3 Å². The Labute approximate surface area is 95.4 Å². The summed E-state index contributed by atoms with van der Waals surface area (Å²) in [5.41, 5.74) is 0.536. The second-order valence-electron chi connectivity index (χ2n) is 3.77. The third kappa shape index (κ3) is 3.80. The maximum Gasteiger partial charge on any atom is 0.127 e. The van der Waals surface area contributed by atoms with Crippen molar-refractivity contribution in [1.82, 2.24) is 0 Å². The van der Waals surface area contributed by atoms with Gasteiger partial charge in [-0.25, -0.2) is 4.39 Å². The number of halogens is 2. The molecule has 0 aliphatic heterocycles. The molecule has 1 aromatic carbocycles. The van der Waals surface area contributed by atoms with Gasteiger partial charge in [0.25, 0.3) is 0 Å².